The summed E-state index contributed by atoms with van der Waals surface area (Å²) >= 11 is 0. The van der Waals surface area contributed by atoms with Crippen LogP contribution in [0.1, 0.15) is 36.0 Å². The number of ketones is 1. The van der Waals surface area contributed by atoms with E-state index in [0.29, 0.717) is 18.6 Å². The second kappa shape index (κ2) is 6.10. The third kappa shape index (κ3) is 2.98. The summed E-state index contributed by atoms with van der Waals surface area (Å²) in [7, 11) is 0. The zero-order chi connectivity index (χ0) is 14.7. The van der Waals surface area contributed by atoms with Crippen LogP contribution in [0.2, 0.25) is 0 Å². The summed E-state index contributed by atoms with van der Waals surface area (Å²) < 4.78 is 5.61. The summed E-state index contributed by atoms with van der Waals surface area (Å²) in [5.74, 6) is 0.847. The molecule has 1 aliphatic heterocycles. The van der Waals surface area contributed by atoms with Crippen LogP contribution in [-0.2, 0) is 4.79 Å². The van der Waals surface area contributed by atoms with Gasteiger partial charge in [-0.25, -0.2) is 0 Å². The second-order valence-corrected chi connectivity index (χ2v) is 5.36. The van der Waals surface area contributed by atoms with Gasteiger partial charge in [0.05, 0.1) is 6.61 Å². The molecule has 21 heavy (non-hydrogen) atoms. The molecule has 0 saturated heterocycles. The summed E-state index contributed by atoms with van der Waals surface area (Å²) in [5.41, 5.74) is 1.72. The summed E-state index contributed by atoms with van der Waals surface area (Å²) in [6, 6.07) is 16.9. The molecule has 108 valence electrons. The van der Waals surface area contributed by atoms with E-state index in [1.54, 1.807) is 12.1 Å². The SMILES string of the molecule is O=C(CC1CCOc2ccccc21)C(O)c1ccccc1. The molecule has 0 bridgehead atoms. The van der Waals surface area contributed by atoms with Gasteiger partial charge in [0.1, 0.15) is 11.9 Å². The highest BCUT2D eigenvalue weighted by molar-refractivity contribution is 5.85. The molecule has 2 atom stereocenters. The topological polar surface area (TPSA) is 46.5 Å². The standard InChI is InChI=1S/C18H18O3/c19-16(18(20)13-6-2-1-3-7-13)12-14-10-11-21-17-9-5-4-8-15(14)17/h1-9,14,18,20H,10-12H2. The van der Waals surface area contributed by atoms with Crippen molar-refractivity contribution in [1.29, 1.82) is 0 Å². The Morgan fingerprint density at radius 1 is 1.14 bits per heavy atom. The van der Waals surface area contributed by atoms with Gasteiger partial charge in [-0.05, 0) is 29.5 Å². The first kappa shape index (κ1) is 13.8. The zero-order valence-corrected chi connectivity index (χ0v) is 11.7. The van der Waals surface area contributed by atoms with Gasteiger partial charge in [0.15, 0.2) is 5.78 Å². The molecule has 2 aromatic carbocycles. The predicted octanol–water partition coefficient (Wildman–Crippen LogP) is 3.25. The van der Waals surface area contributed by atoms with Gasteiger partial charge in [-0.1, -0.05) is 48.5 Å². The van der Waals surface area contributed by atoms with Crippen molar-refractivity contribution >= 4 is 5.78 Å². The average Bonchev–Trinajstić information content (AvgIpc) is 2.55. The maximum atomic E-state index is 12.3. The fourth-order valence-corrected chi connectivity index (χ4v) is 2.80. The van der Waals surface area contributed by atoms with Crippen LogP contribution >= 0.6 is 0 Å². The second-order valence-electron chi connectivity index (χ2n) is 5.36. The van der Waals surface area contributed by atoms with Crippen LogP contribution in [0.25, 0.3) is 0 Å². The van der Waals surface area contributed by atoms with E-state index in [4.69, 9.17) is 4.74 Å². The summed E-state index contributed by atoms with van der Waals surface area (Å²) in [4.78, 5) is 12.3. The number of Topliss-reactive ketones (excluding diaryl/α,β-unsaturated/α-hetero) is 1. The van der Waals surface area contributed by atoms with Gasteiger partial charge in [0, 0.05) is 6.42 Å². The number of aliphatic hydroxyl groups is 1. The van der Waals surface area contributed by atoms with Crippen molar-refractivity contribution in [3.05, 3.63) is 65.7 Å². The van der Waals surface area contributed by atoms with Crippen molar-refractivity contribution in [3.63, 3.8) is 0 Å². The molecular weight excluding hydrogens is 264 g/mol. The molecule has 0 amide bonds. The van der Waals surface area contributed by atoms with E-state index in [0.717, 1.165) is 17.7 Å². The van der Waals surface area contributed by atoms with Crippen LogP contribution < -0.4 is 4.74 Å². The molecule has 2 unspecified atom stereocenters. The minimum absolute atomic E-state index is 0.126. The van der Waals surface area contributed by atoms with Gasteiger partial charge >= 0.3 is 0 Å². The van der Waals surface area contributed by atoms with E-state index in [2.05, 4.69) is 0 Å². The number of hydrogen-bond donors (Lipinski definition) is 1. The minimum atomic E-state index is -1.04. The number of ether oxygens (including phenoxy) is 1. The maximum absolute atomic E-state index is 12.3. The number of aliphatic hydroxyl groups excluding tert-OH is 1. The number of carbonyl (C=O) groups excluding carboxylic acids is 1. The monoisotopic (exact) mass is 282 g/mol. The minimum Gasteiger partial charge on any atom is -0.493 e. The highest BCUT2D eigenvalue weighted by Gasteiger charge is 2.26. The molecule has 1 aliphatic rings. The first-order chi connectivity index (χ1) is 10.3. The Morgan fingerprint density at radius 2 is 1.86 bits per heavy atom. The van der Waals surface area contributed by atoms with Gasteiger partial charge < -0.3 is 9.84 Å². The smallest absolute Gasteiger partial charge is 0.166 e. The lowest BCUT2D eigenvalue weighted by atomic mass is 9.87. The number of hydrogen-bond acceptors (Lipinski definition) is 3. The number of carbonyl (C=O) groups is 1. The van der Waals surface area contributed by atoms with Gasteiger partial charge in [-0.15, -0.1) is 0 Å². The largest absolute Gasteiger partial charge is 0.493 e. The number of fused-ring (bicyclic) bond motifs is 1. The van der Waals surface area contributed by atoms with E-state index in [9.17, 15) is 9.90 Å². The molecule has 0 spiro atoms. The molecular formula is C18H18O3. The normalized spacial score (nSPS) is 18.4. The highest BCUT2D eigenvalue weighted by atomic mass is 16.5. The van der Waals surface area contributed by atoms with E-state index >= 15 is 0 Å². The van der Waals surface area contributed by atoms with E-state index in [1.165, 1.54) is 0 Å². The lowest BCUT2D eigenvalue weighted by Crippen LogP contribution is -2.20. The van der Waals surface area contributed by atoms with Crippen molar-refractivity contribution in [3.8, 4) is 5.75 Å². The van der Waals surface area contributed by atoms with Crippen molar-refractivity contribution in [2.45, 2.75) is 24.9 Å². The van der Waals surface area contributed by atoms with Crippen molar-refractivity contribution in [1.82, 2.24) is 0 Å². The lowest BCUT2D eigenvalue weighted by Gasteiger charge is -2.26. The lowest BCUT2D eigenvalue weighted by molar-refractivity contribution is -0.127. The first-order valence-electron chi connectivity index (χ1n) is 7.23. The summed E-state index contributed by atoms with van der Waals surface area (Å²) in [6.45, 7) is 0.621. The Kier molecular flexibility index (Phi) is 4.02. The van der Waals surface area contributed by atoms with Crippen LogP contribution in [0.5, 0.6) is 5.75 Å². The molecule has 0 saturated carbocycles. The summed E-state index contributed by atoms with van der Waals surface area (Å²) in [5, 5.41) is 10.2. The molecule has 1 N–H and O–H groups in total. The van der Waals surface area contributed by atoms with E-state index in [-0.39, 0.29) is 11.7 Å². The van der Waals surface area contributed by atoms with Crippen molar-refractivity contribution in [2.24, 2.45) is 0 Å². The predicted molar refractivity (Wildman–Crippen MR) is 80.3 cm³/mol. The molecule has 0 aromatic heterocycles. The van der Waals surface area contributed by atoms with Gasteiger partial charge in [0.2, 0.25) is 0 Å². The van der Waals surface area contributed by atoms with Crippen LogP contribution in [0.4, 0.5) is 0 Å². The van der Waals surface area contributed by atoms with Gasteiger partial charge in [0.25, 0.3) is 0 Å². The Bertz CT molecular complexity index is 621. The van der Waals surface area contributed by atoms with Crippen LogP contribution in [0.3, 0.4) is 0 Å². The zero-order valence-electron chi connectivity index (χ0n) is 11.7. The quantitative estimate of drug-likeness (QED) is 0.936. The molecule has 0 aliphatic carbocycles. The molecule has 0 fully saturated rings. The molecule has 2 aromatic rings. The highest BCUT2D eigenvalue weighted by Crippen LogP contribution is 2.36. The van der Waals surface area contributed by atoms with Crippen molar-refractivity contribution < 1.29 is 14.6 Å². The van der Waals surface area contributed by atoms with E-state index < -0.39 is 6.10 Å². The molecule has 3 rings (SSSR count). The molecule has 3 nitrogen and oxygen atoms in total. The van der Waals surface area contributed by atoms with Gasteiger partial charge in [-0.2, -0.15) is 0 Å². The first-order valence-corrected chi connectivity index (χ1v) is 7.23. The molecule has 3 heteroatoms. The summed E-state index contributed by atoms with van der Waals surface area (Å²) in [6.07, 6.45) is 0.113. The van der Waals surface area contributed by atoms with Gasteiger partial charge in [-0.3, -0.25) is 4.79 Å². The fourth-order valence-electron chi connectivity index (χ4n) is 2.80. The third-order valence-corrected chi connectivity index (χ3v) is 3.95. The van der Waals surface area contributed by atoms with Crippen molar-refractivity contribution in [2.75, 3.05) is 6.61 Å². The number of rotatable bonds is 4. The van der Waals surface area contributed by atoms with Crippen LogP contribution in [-0.4, -0.2) is 17.5 Å². The molecule has 1 heterocycles. The van der Waals surface area contributed by atoms with Crippen LogP contribution in [0.15, 0.2) is 54.6 Å². The maximum Gasteiger partial charge on any atom is 0.166 e. The van der Waals surface area contributed by atoms with E-state index in [1.807, 2.05) is 42.5 Å². The molecule has 0 radical (unpaired) electrons. The Labute approximate surface area is 124 Å². The fraction of sp³-hybridized carbons (Fsp3) is 0.278. The Hall–Kier alpha value is -2.13. The number of benzene rings is 2. The third-order valence-electron chi connectivity index (χ3n) is 3.95. The Balaban J connectivity index is 1.74. The average molecular weight is 282 g/mol. The number of para-hydroxylation sites is 1. The Morgan fingerprint density at radius 3 is 2.67 bits per heavy atom. The van der Waals surface area contributed by atoms with Crippen LogP contribution in [0, 0.1) is 0 Å².